The fourth-order valence-electron chi connectivity index (χ4n) is 2.74. The maximum absolute atomic E-state index is 4.64. The van der Waals surface area contributed by atoms with Gasteiger partial charge >= 0.3 is 0 Å². The molecule has 114 valence electrons. The highest BCUT2D eigenvalue weighted by Crippen LogP contribution is 2.25. The van der Waals surface area contributed by atoms with Gasteiger partial charge in [0.1, 0.15) is 5.69 Å². The number of hydrogen-bond acceptors (Lipinski definition) is 2. The van der Waals surface area contributed by atoms with E-state index in [2.05, 4.69) is 71.3 Å². The standard InChI is InChI=1S/C19H18N4/c1-11-4-7-15-17(8-11)21-19(20-15)18-10-16(22-23-18)14-6-5-12(2)13(3)9-14/h4-10H,1-3H3,(H,20,21)(H,22,23). The molecule has 0 saturated heterocycles. The Bertz CT molecular complexity index is 1010. The maximum atomic E-state index is 4.64. The molecule has 4 rings (SSSR count). The summed E-state index contributed by atoms with van der Waals surface area (Å²) < 4.78 is 0. The molecule has 2 N–H and O–H groups in total. The molecular formula is C19H18N4. The molecule has 0 bridgehead atoms. The topological polar surface area (TPSA) is 57.4 Å². The molecule has 2 aromatic carbocycles. The zero-order chi connectivity index (χ0) is 16.0. The van der Waals surface area contributed by atoms with Gasteiger partial charge in [0.05, 0.1) is 16.7 Å². The first-order valence-electron chi connectivity index (χ1n) is 7.70. The third-order valence-corrected chi connectivity index (χ3v) is 4.27. The van der Waals surface area contributed by atoms with Crippen molar-refractivity contribution in [2.45, 2.75) is 20.8 Å². The zero-order valence-electron chi connectivity index (χ0n) is 13.4. The van der Waals surface area contributed by atoms with Crippen LogP contribution in [0.15, 0.2) is 42.5 Å². The number of hydrogen-bond donors (Lipinski definition) is 2. The van der Waals surface area contributed by atoms with Gasteiger partial charge in [0.2, 0.25) is 0 Å². The van der Waals surface area contributed by atoms with Crippen LogP contribution in [0, 0.1) is 20.8 Å². The van der Waals surface area contributed by atoms with Crippen LogP contribution in [0.25, 0.3) is 33.8 Å². The van der Waals surface area contributed by atoms with E-state index in [1.54, 1.807) is 0 Å². The number of nitrogens with zero attached hydrogens (tertiary/aromatic N) is 2. The number of rotatable bonds is 2. The van der Waals surface area contributed by atoms with E-state index in [0.29, 0.717) is 0 Å². The van der Waals surface area contributed by atoms with E-state index in [1.165, 1.54) is 16.7 Å². The number of aromatic nitrogens is 4. The summed E-state index contributed by atoms with van der Waals surface area (Å²) in [6, 6.07) is 14.6. The van der Waals surface area contributed by atoms with Crippen molar-refractivity contribution in [2.75, 3.05) is 0 Å². The molecule has 2 aromatic heterocycles. The Morgan fingerprint density at radius 1 is 0.870 bits per heavy atom. The van der Waals surface area contributed by atoms with Gasteiger partial charge in [0.25, 0.3) is 0 Å². The Labute approximate surface area is 134 Å². The highest BCUT2D eigenvalue weighted by Gasteiger charge is 2.10. The summed E-state index contributed by atoms with van der Waals surface area (Å²) in [5.41, 5.74) is 8.72. The Balaban J connectivity index is 1.75. The number of benzene rings is 2. The number of aromatic amines is 2. The Hall–Kier alpha value is -2.88. The highest BCUT2D eigenvalue weighted by atomic mass is 15.1. The molecule has 0 aliphatic rings. The molecule has 0 atom stereocenters. The van der Waals surface area contributed by atoms with E-state index < -0.39 is 0 Å². The molecule has 23 heavy (non-hydrogen) atoms. The number of aryl methyl sites for hydroxylation is 3. The molecule has 0 aliphatic carbocycles. The molecule has 0 fully saturated rings. The van der Waals surface area contributed by atoms with Gasteiger partial charge < -0.3 is 4.98 Å². The van der Waals surface area contributed by atoms with Crippen molar-refractivity contribution in [3.8, 4) is 22.8 Å². The number of H-pyrrole nitrogens is 2. The highest BCUT2D eigenvalue weighted by molar-refractivity contribution is 5.80. The fourth-order valence-corrected chi connectivity index (χ4v) is 2.74. The molecule has 0 radical (unpaired) electrons. The van der Waals surface area contributed by atoms with Crippen LogP contribution in [0.1, 0.15) is 16.7 Å². The molecule has 0 amide bonds. The van der Waals surface area contributed by atoms with Crippen LogP contribution in [0.5, 0.6) is 0 Å². The van der Waals surface area contributed by atoms with E-state index in [-0.39, 0.29) is 0 Å². The minimum absolute atomic E-state index is 0.813. The van der Waals surface area contributed by atoms with E-state index in [9.17, 15) is 0 Å². The molecular weight excluding hydrogens is 284 g/mol. The lowest BCUT2D eigenvalue weighted by Crippen LogP contribution is -1.83. The average Bonchev–Trinajstić information content (AvgIpc) is 3.15. The number of imidazole rings is 1. The predicted molar refractivity (Wildman–Crippen MR) is 93.3 cm³/mol. The van der Waals surface area contributed by atoms with Gasteiger partial charge in [0.15, 0.2) is 5.82 Å². The second kappa shape index (κ2) is 5.09. The van der Waals surface area contributed by atoms with Gasteiger partial charge in [-0.1, -0.05) is 18.2 Å². The first-order chi connectivity index (χ1) is 11.1. The quantitative estimate of drug-likeness (QED) is 0.571. The van der Waals surface area contributed by atoms with Crippen molar-refractivity contribution >= 4 is 11.0 Å². The van der Waals surface area contributed by atoms with Crippen molar-refractivity contribution in [3.05, 3.63) is 59.2 Å². The van der Waals surface area contributed by atoms with Gasteiger partial charge in [-0.15, -0.1) is 0 Å². The summed E-state index contributed by atoms with van der Waals surface area (Å²) in [5.74, 6) is 0.813. The molecule has 2 heterocycles. The average molecular weight is 302 g/mol. The van der Waals surface area contributed by atoms with Crippen molar-refractivity contribution in [1.82, 2.24) is 20.2 Å². The molecule has 4 nitrogen and oxygen atoms in total. The van der Waals surface area contributed by atoms with Crippen molar-refractivity contribution in [3.63, 3.8) is 0 Å². The SMILES string of the molecule is Cc1ccc2nc(-c3cc(-c4ccc(C)c(C)c4)n[nH]3)[nH]c2c1. The lowest BCUT2D eigenvalue weighted by Gasteiger charge is -2.01. The first-order valence-corrected chi connectivity index (χ1v) is 7.70. The Morgan fingerprint density at radius 2 is 1.74 bits per heavy atom. The van der Waals surface area contributed by atoms with Crippen LogP contribution in [0.3, 0.4) is 0 Å². The summed E-state index contributed by atoms with van der Waals surface area (Å²) in [6.45, 7) is 6.31. The lowest BCUT2D eigenvalue weighted by atomic mass is 10.0. The van der Waals surface area contributed by atoms with Crippen molar-refractivity contribution in [1.29, 1.82) is 0 Å². The lowest BCUT2D eigenvalue weighted by molar-refractivity contribution is 1.08. The molecule has 4 aromatic rings. The zero-order valence-corrected chi connectivity index (χ0v) is 13.4. The molecule has 0 spiro atoms. The van der Waals surface area contributed by atoms with Crippen LogP contribution >= 0.6 is 0 Å². The van der Waals surface area contributed by atoms with Gasteiger partial charge in [-0.2, -0.15) is 5.10 Å². The van der Waals surface area contributed by atoms with E-state index in [4.69, 9.17) is 0 Å². The summed E-state index contributed by atoms with van der Waals surface area (Å²) >= 11 is 0. The van der Waals surface area contributed by atoms with E-state index >= 15 is 0 Å². The molecule has 0 unspecified atom stereocenters. The second-order valence-corrected chi connectivity index (χ2v) is 6.07. The molecule has 4 heteroatoms. The van der Waals surface area contributed by atoms with Crippen molar-refractivity contribution in [2.24, 2.45) is 0 Å². The van der Waals surface area contributed by atoms with Crippen molar-refractivity contribution < 1.29 is 0 Å². The largest absolute Gasteiger partial charge is 0.337 e. The van der Waals surface area contributed by atoms with Crippen LogP contribution in [0.4, 0.5) is 0 Å². The third-order valence-electron chi connectivity index (χ3n) is 4.27. The Kier molecular flexibility index (Phi) is 3.05. The summed E-state index contributed by atoms with van der Waals surface area (Å²) in [6.07, 6.45) is 0. The van der Waals surface area contributed by atoms with Crippen LogP contribution in [0.2, 0.25) is 0 Å². The van der Waals surface area contributed by atoms with Crippen LogP contribution < -0.4 is 0 Å². The molecule has 0 saturated carbocycles. The maximum Gasteiger partial charge on any atom is 0.156 e. The van der Waals surface area contributed by atoms with Crippen LogP contribution in [-0.2, 0) is 0 Å². The molecule has 0 aliphatic heterocycles. The van der Waals surface area contributed by atoms with Gasteiger partial charge in [-0.3, -0.25) is 5.10 Å². The number of fused-ring (bicyclic) bond motifs is 1. The minimum atomic E-state index is 0.813. The summed E-state index contributed by atoms with van der Waals surface area (Å²) in [5, 5.41) is 7.52. The second-order valence-electron chi connectivity index (χ2n) is 6.07. The minimum Gasteiger partial charge on any atom is -0.337 e. The monoisotopic (exact) mass is 302 g/mol. The summed E-state index contributed by atoms with van der Waals surface area (Å²) in [4.78, 5) is 7.99. The normalized spacial score (nSPS) is 11.3. The van der Waals surface area contributed by atoms with Gasteiger partial charge in [-0.05, 0) is 61.7 Å². The fraction of sp³-hybridized carbons (Fsp3) is 0.158. The van der Waals surface area contributed by atoms with Crippen LogP contribution in [-0.4, -0.2) is 20.2 Å². The predicted octanol–water partition coefficient (Wildman–Crippen LogP) is 4.55. The van der Waals surface area contributed by atoms with E-state index in [1.807, 2.05) is 12.1 Å². The Morgan fingerprint density at radius 3 is 2.57 bits per heavy atom. The van der Waals surface area contributed by atoms with Gasteiger partial charge in [-0.25, -0.2) is 4.98 Å². The first kappa shape index (κ1) is 13.8. The smallest absolute Gasteiger partial charge is 0.156 e. The number of nitrogens with one attached hydrogen (secondary N) is 2. The third kappa shape index (κ3) is 2.42. The van der Waals surface area contributed by atoms with E-state index in [0.717, 1.165) is 33.8 Å². The summed E-state index contributed by atoms with van der Waals surface area (Å²) in [7, 11) is 0. The van der Waals surface area contributed by atoms with Gasteiger partial charge in [0, 0.05) is 5.56 Å².